The predicted octanol–water partition coefficient (Wildman–Crippen LogP) is 3.38. The lowest BCUT2D eigenvalue weighted by molar-refractivity contribution is 0.0635. The van der Waals surface area contributed by atoms with Gasteiger partial charge in [0.2, 0.25) is 0 Å². The lowest BCUT2D eigenvalue weighted by Crippen LogP contribution is -2.28. The third-order valence-electron chi connectivity index (χ3n) is 2.02. The van der Waals surface area contributed by atoms with E-state index in [0.717, 1.165) is 0 Å². The van der Waals surface area contributed by atoms with E-state index in [1.165, 1.54) is 25.1 Å². The SMILES string of the molecule is CC(=O)c1cccc(F)c1NC(=O)OC(C)(C)C. The molecule has 1 aromatic carbocycles. The van der Waals surface area contributed by atoms with Crippen molar-refractivity contribution in [2.45, 2.75) is 33.3 Å². The number of nitrogens with one attached hydrogen (secondary N) is 1. The van der Waals surface area contributed by atoms with Gasteiger partial charge in [0.1, 0.15) is 11.4 Å². The number of para-hydroxylation sites is 1. The Bertz CT molecular complexity index is 478. The van der Waals surface area contributed by atoms with Crippen LogP contribution in [0.5, 0.6) is 0 Å². The van der Waals surface area contributed by atoms with Gasteiger partial charge in [0.15, 0.2) is 5.78 Å². The summed E-state index contributed by atoms with van der Waals surface area (Å²) < 4.78 is 18.6. The van der Waals surface area contributed by atoms with Crippen molar-refractivity contribution in [1.29, 1.82) is 0 Å². The molecule has 0 bridgehead atoms. The molecule has 0 spiro atoms. The van der Waals surface area contributed by atoms with Crippen LogP contribution < -0.4 is 5.32 Å². The molecule has 0 saturated heterocycles. The monoisotopic (exact) mass is 253 g/mol. The van der Waals surface area contributed by atoms with Crippen LogP contribution in [0.2, 0.25) is 0 Å². The van der Waals surface area contributed by atoms with Crippen LogP contribution >= 0.6 is 0 Å². The van der Waals surface area contributed by atoms with Gasteiger partial charge < -0.3 is 4.74 Å². The topological polar surface area (TPSA) is 55.4 Å². The first-order valence-electron chi connectivity index (χ1n) is 5.50. The fraction of sp³-hybridized carbons (Fsp3) is 0.385. The van der Waals surface area contributed by atoms with Gasteiger partial charge in [0.25, 0.3) is 0 Å². The standard InChI is InChI=1S/C13H16FNO3/c1-8(16)9-6-5-7-10(14)11(9)15-12(17)18-13(2,3)4/h5-7H,1-4H3,(H,15,17). The quantitative estimate of drug-likeness (QED) is 0.822. The van der Waals surface area contributed by atoms with Crippen LogP contribution in [0.3, 0.4) is 0 Å². The third-order valence-corrected chi connectivity index (χ3v) is 2.02. The number of amides is 1. The van der Waals surface area contributed by atoms with Gasteiger partial charge >= 0.3 is 6.09 Å². The van der Waals surface area contributed by atoms with Crippen LogP contribution in [0.4, 0.5) is 14.9 Å². The first-order valence-corrected chi connectivity index (χ1v) is 5.50. The Kier molecular flexibility index (Phi) is 4.06. The van der Waals surface area contributed by atoms with Gasteiger partial charge in [0, 0.05) is 5.56 Å². The second-order valence-electron chi connectivity index (χ2n) is 4.85. The van der Waals surface area contributed by atoms with Crippen molar-refractivity contribution < 1.29 is 18.7 Å². The van der Waals surface area contributed by atoms with E-state index in [1.54, 1.807) is 20.8 Å². The molecule has 0 heterocycles. The van der Waals surface area contributed by atoms with E-state index < -0.39 is 17.5 Å². The van der Waals surface area contributed by atoms with E-state index in [0.29, 0.717) is 0 Å². The van der Waals surface area contributed by atoms with Crippen molar-refractivity contribution in [3.63, 3.8) is 0 Å². The van der Waals surface area contributed by atoms with Crippen molar-refractivity contribution in [2.75, 3.05) is 5.32 Å². The zero-order valence-corrected chi connectivity index (χ0v) is 10.8. The highest BCUT2D eigenvalue weighted by atomic mass is 19.1. The van der Waals surface area contributed by atoms with Gasteiger partial charge in [0.05, 0.1) is 5.69 Å². The Labute approximate surface area is 105 Å². The number of ketones is 1. The first-order chi connectivity index (χ1) is 8.20. The molecule has 0 aliphatic heterocycles. The van der Waals surface area contributed by atoms with E-state index >= 15 is 0 Å². The lowest BCUT2D eigenvalue weighted by Gasteiger charge is -2.20. The summed E-state index contributed by atoms with van der Waals surface area (Å²) in [6.07, 6.45) is -0.796. The smallest absolute Gasteiger partial charge is 0.412 e. The molecule has 0 saturated carbocycles. The molecule has 0 aliphatic carbocycles. The Morgan fingerprint density at radius 2 is 1.89 bits per heavy atom. The van der Waals surface area contributed by atoms with Gasteiger partial charge in [-0.15, -0.1) is 0 Å². The molecule has 1 amide bonds. The zero-order valence-electron chi connectivity index (χ0n) is 10.8. The van der Waals surface area contributed by atoms with Crippen LogP contribution in [0.15, 0.2) is 18.2 Å². The largest absolute Gasteiger partial charge is 0.444 e. The number of halogens is 1. The molecule has 5 heteroatoms. The van der Waals surface area contributed by atoms with E-state index in [2.05, 4.69) is 5.32 Å². The van der Waals surface area contributed by atoms with Crippen molar-refractivity contribution in [1.82, 2.24) is 0 Å². The minimum atomic E-state index is -0.796. The summed E-state index contributed by atoms with van der Waals surface area (Å²) in [5.41, 5.74) is -0.730. The van der Waals surface area contributed by atoms with E-state index in [4.69, 9.17) is 4.74 Å². The summed E-state index contributed by atoms with van der Waals surface area (Å²) in [4.78, 5) is 22.9. The molecule has 18 heavy (non-hydrogen) atoms. The van der Waals surface area contributed by atoms with Crippen LogP contribution in [-0.4, -0.2) is 17.5 Å². The zero-order chi connectivity index (χ0) is 13.9. The molecule has 1 N–H and O–H groups in total. The summed E-state index contributed by atoms with van der Waals surface area (Å²) in [6.45, 7) is 6.38. The van der Waals surface area contributed by atoms with Crippen LogP contribution in [0.1, 0.15) is 38.1 Å². The number of Topliss-reactive ketones (excluding diaryl/α,β-unsaturated/α-hetero) is 1. The molecule has 98 valence electrons. The minimum absolute atomic E-state index is 0.112. The maximum absolute atomic E-state index is 13.6. The highest BCUT2D eigenvalue weighted by Crippen LogP contribution is 2.21. The number of benzene rings is 1. The van der Waals surface area contributed by atoms with E-state index in [9.17, 15) is 14.0 Å². The van der Waals surface area contributed by atoms with Crippen LogP contribution in [0, 0.1) is 5.82 Å². The molecule has 0 fully saturated rings. The number of hydrogen-bond acceptors (Lipinski definition) is 3. The van der Waals surface area contributed by atoms with Crippen molar-refractivity contribution in [2.24, 2.45) is 0 Å². The maximum atomic E-state index is 13.6. The van der Waals surface area contributed by atoms with Gasteiger partial charge in [-0.1, -0.05) is 6.07 Å². The summed E-state index contributed by atoms with van der Waals surface area (Å²) in [5.74, 6) is -1.01. The molecule has 0 aromatic heterocycles. The molecule has 4 nitrogen and oxygen atoms in total. The van der Waals surface area contributed by atoms with E-state index in [-0.39, 0.29) is 17.0 Å². The average molecular weight is 253 g/mol. The van der Waals surface area contributed by atoms with Crippen molar-refractivity contribution in [3.8, 4) is 0 Å². The van der Waals surface area contributed by atoms with Crippen molar-refractivity contribution >= 4 is 17.6 Å². The second-order valence-corrected chi connectivity index (χ2v) is 4.85. The molecule has 0 aliphatic rings. The number of carbonyl (C=O) groups excluding carboxylic acids is 2. The lowest BCUT2D eigenvalue weighted by atomic mass is 10.1. The van der Waals surface area contributed by atoms with Gasteiger partial charge in [-0.3, -0.25) is 10.1 Å². The number of ether oxygens (including phenoxy) is 1. The highest BCUT2D eigenvalue weighted by molar-refractivity contribution is 6.02. The van der Waals surface area contributed by atoms with Crippen LogP contribution in [0.25, 0.3) is 0 Å². The summed E-state index contributed by atoms with van der Waals surface area (Å²) in [7, 11) is 0. The molecule has 0 atom stereocenters. The van der Waals surface area contributed by atoms with Gasteiger partial charge in [-0.25, -0.2) is 9.18 Å². The number of rotatable bonds is 2. The van der Waals surface area contributed by atoms with Gasteiger partial charge in [-0.05, 0) is 39.8 Å². The Balaban J connectivity index is 2.97. The first kappa shape index (κ1) is 14.2. The van der Waals surface area contributed by atoms with Crippen LogP contribution in [-0.2, 0) is 4.74 Å². The summed E-state index contributed by atoms with van der Waals surface area (Å²) in [5, 5.41) is 2.26. The molecule has 1 aromatic rings. The fourth-order valence-corrected chi connectivity index (χ4v) is 1.35. The second kappa shape index (κ2) is 5.16. The normalized spacial score (nSPS) is 10.9. The summed E-state index contributed by atoms with van der Waals surface area (Å²) >= 11 is 0. The average Bonchev–Trinajstić information content (AvgIpc) is 2.17. The fourth-order valence-electron chi connectivity index (χ4n) is 1.35. The Morgan fingerprint density at radius 3 is 2.39 bits per heavy atom. The van der Waals surface area contributed by atoms with Gasteiger partial charge in [-0.2, -0.15) is 0 Å². The predicted molar refractivity (Wildman–Crippen MR) is 66.3 cm³/mol. The molecular formula is C13H16FNO3. The van der Waals surface area contributed by atoms with Crippen molar-refractivity contribution in [3.05, 3.63) is 29.6 Å². The Morgan fingerprint density at radius 1 is 1.28 bits per heavy atom. The molecule has 1 rings (SSSR count). The minimum Gasteiger partial charge on any atom is -0.444 e. The number of carbonyl (C=O) groups is 2. The highest BCUT2D eigenvalue weighted by Gasteiger charge is 2.19. The molecular weight excluding hydrogens is 237 g/mol. The Hall–Kier alpha value is -1.91. The molecule has 0 unspecified atom stereocenters. The molecule has 0 radical (unpaired) electrons. The number of anilines is 1. The summed E-state index contributed by atoms with van der Waals surface area (Å²) in [6, 6.07) is 4.02. The third kappa shape index (κ3) is 3.84. The van der Waals surface area contributed by atoms with E-state index in [1.807, 2.05) is 0 Å². The number of hydrogen-bond donors (Lipinski definition) is 1. The maximum Gasteiger partial charge on any atom is 0.412 e.